The monoisotopic (exact) mass is 256 g/mol. The Labute approximate surface area is 111 Å². The molecule has 0 aliphatic heterocycles. The van der Waals surface area contributed by atoms with Crippen LogP contribution in [0.3, 0.4) is 0 Å². The van der Waals surface area contributed by atoms with E-state index in [1.54, 1.807) is 19.3 Å². The maximum Gasteiger partial charge on any atom is 0.263 e. The molecular formula is C15H16N2O2. The van der Waals surface area contributed by atoms with Gasteiger partial charge in [0.05, 0.1) is 0 Å². The first-order valence-electron chi connectivity index (χ1n) is 6.03. The summed E-state index contributed by atoms with van der Waals surface area (Å²) in [4.78, 5) is 24.0. The average Bonchev–Trinajstić information content (AvgIpc) is 2.37. The lowest BCUT2D eigenvalue weighted by Crippen LogP contribution is -2.27. The number of benzene rings is 1. The van der Waals surface area contributed by atoms with Gasteiger partial charge in [0.25, 0.3) is 11.5 Å². The van der Waals surface area contributed by atoms with Crippen molar-refractivity contribution < 1.29 is 4.79 Å². The SMILES string of the molecule is Cc1ccc(C)c(NC(=O)c2cccn(C)c2=O)c1. The molecule has 0 bridgehead atoms. The summed E-state index contributed by atoms with van der Waals surface area (Å²) in [5.41, 5.74) is 2.60. The second kappa shape index (κ2) is 5.10. The summed E-state index contributed by atoms with van der Waals surface area (Å²) in [6.07, 6.45) is 1.62. The molecule has 0 aliphatic carbocycles. The predicted molar refractivity (Wildman–Crippen MR) is 75.6 cm³/mol. The van der Waals surface area contributed by atoms with Crippen LogP contribution < -0.4 is 10.9 Å². The van der Waals surface area contributed by atoms with Gasteiger partial charge in [-0.2, -0.15) is 0 Å². The molecule has 4 heteroatoms. The van der Waals surface area contributed by atoms with Crippen molar-refractivity contribution in [1.29, 1.82) is 0 Å². The van der Waals surface area contributed by atoms with Gasteiger partial charge in [0.1, 0.15) is 5.56 Å². The summed E-state index contributed by atoms with van der Waals surface area (Å²) in [6.45, 7) is 3.87. The van der Waals surface area contributed by atoms with Gasteiger partial charge in [-0.05, 0) is 43.2 Å². The van der Waals surface area contributed by atoms with E-state index in [1.165, 1.54) is 10.6 Å². The molecular weight excluding hydrogens is 240 g/mol. The average molecular weight is 256 g/mol. The first-order chi connectivity index (χ1) is 8.99. The summed E-state index contributed by atoms with van der Waals surface area (Å²) in [5, 5.41) is 2.78. The van der Waals surface area contributed by atoms with Crippen LogP contribution in [0, 0.1) is 13.8 Å². The minimum atomic E-state index is -0.380. The molecule has 19 heavy (non-hydrogen) atoms. The normalized spacial score (nSPS) is 10.3. The van der Waals surface area contributed by atoms with Gasteiger partial charge >= 0.3 is 0 Å². The largest absolute Gasteiger partial charge is 0.322 e. The van der Waals surface area contributed by atoms with Gasteiger partial charge in [-0.1, -0.05) is 12.1 Å². The van der Waals surface area contributed by atoms with Gasteiger partial charge in [0.2, 0.25) is 0 Å². The molecule has 2 rings (SSSR count). The van der Waals surface area contributed by atoms with Crippen LogP contribution in [0.15, 0.2) is 41.3 Å². The molecule has 0 saturated heterocycles. The fourth-order valence-corrected chi connectivity index (χ4v) is 1.83. The Balaban J connectivity index is 2.34. The molecule has 1 aromatic carbocycles. The van der Waals surface area contributed by atoms with Gasteiger partial charge in [-0.15, -0.1) is 0 Å². The summed E-state index contributed by atoms with van der Waals surface area (Å²) in [7, 11) is 1.62. The van der Waals surface area contributed by atoms with Crippen LogP contribution >= 0.6 is 0 Å². The second-order valence-corrected chi connectivity index (χ2v) is 4.61. The number of hydrogen-bond donors (Lipinski definition) is 1. The molecule has 0 unspecified atom stereocenters. The van der Waals surface area contributed by atoms with Crippen LogP contribution in [0.25, 0.3) is 0 Å². The van der Waals surface area contributed by atoms with E-state index in [-0.39, 0.29) is 17.0 Å². The van der Waals surface area contributed by atoms with Crippen molar-refractivity contribution in [3.63, 3.8) is 0 Å². The summed E-state index contributed by atoms with van der Waals surface area (Å²) < 4.78 is 1.39. The van der Waals surface area contributed by atoms with Crippen LogP contribution in [0.5, 0.6) is 0 Å². The van der Waals surface area contributed by atoms with Crippen LogP contribution in [-0.2, 0) is 7.05 Å². The lowest BCUT2D eigenvalue weighted by atomic mass is 10.1. The lowest BCUT2D eigenvalue weighted by molar-refractivity contribution is 0.102. The number of carbonyl (C=O) groups excluding carboxylic acids is 1. The number of hydrogen-bond acceptors (Lipinski definition) is 2. The standard InChI is InChI=1S/C15H16N2O2/c1-10-6-7-11(2)13(9-10)16-14(18)12-5-4-8-17(3)15(12)19/h4-9H,1-3H3,(H,16,18). The quantitative estimate of drug-likeness (QED) is 0.896. The van der Waals surface area contributed by atoms with Crippen molar-refractivity contribution in [3.8, 4) is 0 Å². The Kier molecular flexibility index (Phi) is 3.51. The van der Waals surface area contributed by atoms with Crippen LogP contribution in [0.2, 0.25) is 0 Å². The molecule has 0 saturated carbocycles. The highest BCUT2D eigenvalue weighted by atomic mass is 16.2. The second-order valence-electron chi connectivity index (χ2n) is 4.61. The summed E-state index contributed by atoms with van der Waals surface area (Å²) >= 11 is 0. The minimum absolute atomic E-state index is 0.144. The molecule has 1 N–H and O–H groups in total. The van der Waals surface area contributed by atoms with E-state index in [9.17, 15) is 9.59 Å². The van der Waals surface area contributed by atoms with Crippen LogP contribution in [0.1, 0.15) is 21.5 Å². The molecule has 0 radical (unpaired) electrons. The zero-order chi connectivity index (χ0) is 14.0. The zero-order valence-corrected chi connectivity index (χ0v) is 11.2. The first-order valence-corrected chi connectivity index (χ1v) is 6.03. The van der Waals surface area contributed by atoms with E-state index in [1.807, 2.05) is 32.0 Å². The number of rotatable bonds is 2. The number of carbonyl (C=O) groups is 1. The van der Waals surface area contributed by atoms with Crippen LogP contribution in [-0.4, -0.2) is 10.5 Å². The topological polar surface area (TPSA) is 51.1 Å². The number of anilines is 1. The maximum atomic E-state index is 12.1. The van der Waals surface area contributed by atoms with Gasteiger partial charge in [0.15, 0.2) is 0 Å². The number of amides is 1. The molecule has 4 nitrogen and oxygen atoms in total. The third kappa shape index (κ3) is 2.73. The number of nitrogens with zero attached hydrogens (tertiary/aromatic N) is 1. The Morgan fingerprint density at radius 2 is 1.95 bits per heavy atom. The fraction of sp³-hybridized carbons (Fsp3) is 0.200. The molecule has 2 aromatic rings. The highest BCUT2D eigenvalue weighted by Crippen LogP contribution is 2.16. The van der Waals surface area contributed by atoms with E-state index in [2.05, 4.69) is 5.32 Å². The van der Waals surface area contributed by atoms with Crippen molar-refractivity contribution in [2.24, 2.45) is 7.05 Å². The Morgan fingerprint density at radius 3 is 2.68 bits per heavy atom. The molecule has 98 valence electrons. The molecule has 0 atom stereocenters. The highest BCUT2D eigenvalue weighted by molar-refractivity contribution is 6.04. The molecule has 0 spiro atoms. The van der Waals surface area contributed by atoms with Gasteiger partial charge in [-0.25, -0.2) is 0 Å². The predicted octanol–water partition coefficient (Wildman–Crippen LogP) is 2.25. The van der Waals surface area contributed by atoms with Crippen molar-refractivity contribution in [2.75, 3.05) is 5.32 Å². The zero-order valence-electron chi connectivity index (χ0n) is 11.2. The molecule has 0 aliphatic rings. The number of aromatic nitrogens is 1. The molecule has 1 heterocycles. The van der Waals surface area contributed by atoms with Crippen molar-refractivity contribution in [2.45, 2.75) is 13.8 Å². The molecule has 1 aromatic heterocycles. The van der Waals surface area contributed by atoms with E-state index < -0.39 is 0 Å². The molecule has 1 amide bonds. The maximum absolute atomic E-state index is 12.1. The third-order valence-electron chi connectivity index (χ3n) is 3.01. The smallest absolute Gasteiger partial charge is 0.263 e. The van der Waals surface area contributed by atoms with Crippen LogP contribution in [0.4, 0.5) is 5.69 Å². The van der Waals surface area contributed by atoms with E-state index in [4.69, 9.17) is 0 Å². The van der Waals surface area contributed by atoms with E-state index >= 15 is 0 Å². The Morgan fingerprint density at radius 1 is 1.21 bits per heavy atom. The lowest BCUT2D eigenvalue weighted by Gasteiger charge is -2.09. The number of aryl methyl sites for hydroxylation is 3. The highest BCUT2D eigenvalue weighted by Gasteiger charge is 2.12. The Bertz CT molecular complexity index is 687. The van der Waals surface area contributed by atoms with Gasteiger partial charge in [0, 0.05) is 18.9 Å². The molecule has 0 fully saturated rings. The number of nitrogens with one attached hydrogen (secondary N) is 1. The van der Waals surface area contributed by atoms with Crippen molar-refractivity contribution >= 4 is 11.6 Å². The minimum Gasteiger partial charge on any atom is -0.322 e. The van der Waals surface area contributed by atoms with Crippen molar-refractivity contribution in [3.05, 3.63) is 63.6 Å². The van der Waals surface area contributed by atoms with Gasteiger partial charge in [-0.3, -0.25) is 9.59 Å². The summed E-state index contributed by atoms with van der Waals surface area (Å²) in [6, 6.07) is 9.02. The van der Waals surface area contributed by atoms with Crippen molar-refractivity contribution in [1.82, 2.24) is 4.57 Å². The van der Waals surface area contributed by atoms with E-state index in [0.717, 1.165) is 16.8 Å². The number of pyridine rings is 1. The van der Waals surface area contributed by atoms with Gasteiger partial charge < -0.3 is 9.88 Å². The Hall–Kier alpha value is -2.36. The third-order valence-corrected chi connectivity index (χ3v) is 3.01. The van der Waals surface area contributed by atoms with E-state index in [0.29, 0.717) is 0 Å². The summed E-state index contributed by atoms with van der Waals surface area (Å²) in [5.74, 6) is -0.380. The fourth-order valence-electron chi connectivity index (χ4n) is 1.83. The first kappa shape index (κ1) is 13.1.